The number of thiophene rings is 1. The van der Waals surface area contributed by atoms with E-state index in [0.717, 1.165) is 11.3 Å². The number of carbonyl (C=O) groups excluding carboxylic acids is 1. The van der Waals surface area contributed by atoms with E-state index >= 15 is 0 Å². The summed E-state index contributed by atoms with van der Waals surface area (Å²) < 4.78 is 5.25. The minimum Gasteiger partial charge on any atom is -0.459 e. The highest BCUT2D eigenvalue weighted by atomic mass is 32.2. The van der Waals surface area contributed by atoms with Gasteiger partial charge in [0.2, 0.25) is 0 Å². The molecular formula is C14H19NO2S2. The molecule has 0 unspecified atom stereocenters. The zero-order chi connectivity index (χ0) is 14.3. The quantitative estimate of drug-likeness (QED) is 0.685. The highest BCUT2D eigenvalue weighted by molar-refractivity contribution is 7.99. The predicted octanol–water partition coefficient (Wildman–Crippen LogP) is 2.63. The molecule has 0 spiro atoms. The zero-order valence-corrected chi connectivity index (χ0v) is 13.1. The Bertz CT molecular complexity index is 478. The summed E-state index contributed by atoms with van der Waals surface area (Å²) in [6.45, 7) is 5.97. The van der Waals surface area contributed by atoms with E-state index in [4.69, 9.17) is 10.5 Å². The molecule has 0 fully saturated rings. The van der Waals surface area contributed by atoms with Crippen molar-refractivity contribution >= 4 is 29.1 Å². The number of carbonyl (C=O) groups is 1. The number of nitrogens with two attached hydrogens (primary N) is 1. The van der Waals surface area contributed by atoms with Crippen LogP contribution in [0.1, 0.15) is 31.2 Å². The highest BCUT2D eigenvalue weighted by Crippen LogP contribution is 2.22. The van der Waals surface area contributed by atoms with E-state index in [9.17, 15) is 4.79 Å². The molecular weight excluding hydrogens is 278 g/mol. The minimum atomic E-state index is -0.418. The molecule has 2 N–H and O–H groups in total. The molecule has 0 aromatic carbocycles. The summed E-state index contributed by atoms with van der Waals surface area (Å²) in [4.78, 5) is 12.7. The Morgan fingerprint density at radius 3 is 2.89 bits per heavy atom. The van der Waals surface area contributed by atoms with Crippen LogP contribution in [0.2, 0.25) is 0 Å². The van der Waals surface area contributed by atoms with Crippen LogP contribution in [0, 0.1) is 11.8 Å². The van der Waals surface area contributed by atoms with Crippen LogP contribution < -0.4 is 5.73 Å². The first-order chi connectivity index (χ1) is 8.92. The fourth-order valence-corrected chi connectivity index (χ4v) is 3.11. The number of esters is 1. The van der Waals surface area contributed by atoms with E-state index in [1.807, 2.05) is 32.2 Å². The molecule has 0 aliphatic heterocycles. The lowest BCUT2D eigenvalue weighted by Gasteiger charge is -2.19. The summed E-state index contributed by atoms with van der Waals surface area (Å²) >= 11 is 3.19. The summed E-state index contributed by atoms with van der Waals surface area (Å²) in [6.07, 6.45) is 0. The van der Waals surface area contributed by atoms with Crippen molar-refractivity contribution in [2.24, 2.45) is 5.73 Å². The summed E-state index contributed by atoms with van der Waals surface area (Å²) in [5.41, 5.74) is 5.95. The molecule has 5 heteroatoms. The van der Waals surface area contributed by atoms with Gasteiger partial charge >= 0.3 is 5.97 Å². The lowest BCUT2D eigenvalue weighted by Crippen LogP contribution is -2.24. The van der Waals surface area contributed by atoms with Gasteiger partial charge < -0.3 is 10.5 Å². The van der Waals surface area contributed by atoms with Crippen LogP contribution in [-0.4, -0.2) is 23.9 Å². The maximum absolute atomic E-state index is 11.6. The summed E-state index contributed by atoms with van der Waals surface area (Å²) in [5, 5.41) is 2.00. The topological polar surface area (TPSA) is 52.3 Å². The number of hydrogen-bond donors (Lipinski definition) is 1. The molecule has 0 atom stereocenters. The first-order valence-corrected chi connectivity index (χ1v) is 8.00. The third-order valence-electron chi connectivity index (χ3n) is 1.94. The Hall–Kier alpha value is -0.960. The van der Waals surface area contributed by atoms with Crippen molar-refractivity contribution < 1.29 is 9.53 Å². The van der Waals surface area contributed by atoms with Crippen molar-refractivity contribution in [3.63, 3.8) is 0 Å². The lowest BCUT2D eigenvalue weighted by molar-refractivity contribution is -0.151. The van der Waals surface area contributed by atoms with Gasteiger partial charge in [-0.1, -0.05) is 11.8 Å². The molecule has 1 aromatic heterocycles. The fraction of sp³-hybridized carbons (Fsp3) is 0.500. The van der Waals surface area contributed by atoms with E-state index in [0.29, 0.717) is 12.3 Å². The van der Waals surface area contributed by atoms with Gasteiger partial charge in [0, 0.05) is 16.2 Å². The molecule has 1 rings (SSSR count). The first-order valence-electron chi connectivity index (χ1n) is 5.97. The van der Waals surface area contributed by atoms with Gasteiger partial charge in [0.25, 0.3) is 0 Å². The molecule has 104 valence electrons. The van der Waals surface area contributed by atoms with E-state index in [-0.39, 0.29) is 5.97 Å². The molecule has 0 saturated carbocycles. The van der Waals surface area contributed by atoms with Crippen molar-refractivity contribution in [1.82, 2.24) is 0 Å². The van der Waals surface area contributed by atoms with Crippen LogP contribution in [0.5, 0.6) is 0 Å². The molecule has 3 nitrogen and oxygen atoms in total. The molecule has 0 bridgehead atoms. The molecule has 1 aromatic rings. The van der Waals surface area contributed by atoms with Crippen molar-refractivity contribution in [3.8, 4) is 11.8 Å². The third kappa shape index (κ3) is 6.67. The Balaban J connectivity index is 2.41. The van der Waals surface area contributed by atoms with Gasteiger partial charge in [-0.05, 0) is 32.2 Å². The average molecular weight is 297 g/mol. The predicted molar refractivity (Wildman–Crippen MR) is 82.3 cm³/mol. The molecule has 19 heavy (non-hydrogen) atoms. The Morgan fingerprint density at radius 1 is 1.53 bits per heavy atom. The normalized spacial score (nSPS) is 10.7. The fourth-order valence-electron chi connectivity index (χ4n) is 1.31. The monoisotopic (exact) mass is 297 g/mol. The van der Waals surface area contributed by atoms with Gasteiger partial charge in [-0.2, -0.15) is 0 Å². The van der Waals surface area contributed by atoms with Crippen LogP contribution in [0.25, 0.3) is 0 Å². The van der Waals surface area contributed by atoms with Crippen molar-refractivity contribution in [2.45, 2.75) is 32.1 Å². The van der Waals surface area contributed by atoms with Gasteiger partial charge in [0.05, 0.1) is 12.3 Å². The number of hydrogen-bond acceptors (Lipinski definition) is 5. The smallest absolute Gasteiger partial charge is 0.316 e. The lowest BCUT2D eigenvalue weighted by atomic mass is 10.2. The molecule has 0 aliphatic rings. The highest BCUT2D eigenvalue weighted by Gasteiger charge is 2.16. The van der Waals surface area contributed by atoms with Crippen LogP contribution >= 0.6 is 23.1 Å². The van der Waals surface area contributed by atoms with Gasteiger partial charge in [-0.25, -0.2) is 0 Å². The molecule has 0 aliphatic carbocycles. The standard InChI is InChI=1S/C14H19NO2S2/c1-14(2,3)17-13(16)10-18-9-12-11(5-4-7-15)6-8-19-12/h6,8H,7,9-10,15H2,1-3H3. The van der Waals surface area contributed by atoms with Gasteiger partial charge in [-0.15, -0.1) is 23.1 Å². The maximum Gasteiger partial charge on any atom is 0.316 e. The first kappa shape index (κ1) is 16.1. The summed E-state index contributed by atoms with van der Waals surface area (Å²) in [7, 11) is 0. The number of rotatable bonds is 4. The van der Waals surface area contributed by atoms with Gasteiger partial charge in [0.15, 0.2) is 0 Å². The summed E-state index contributed by atoms with van der Waals surface area (Å²) in [5.74, 6) is 6.83. The zero-order valence-electron chi connectivity index (χ0n) is 11.5. The minimum absolute atomic E-state index is 0.177. The van der Waals surface area contributed by atoms with E-state index in [1.165, 1.54) is 4.88 Å². The largest absolute Gasteiger partial charge is 0.459 e. The average Bonchev–Trinajstić information content (AvgIpc) is 2.71. The van der Waals surface area contributed by atoms with E-state index in [1.54, 1.807) is 23.1 Å². The van der Waals surface area contributed by atoms with Crippen LogP contribution in [0.15, 0.2) is 11.4 Å². The van der Waals surface area contributed by atoms with Crippen LogP contribution in [0.3, 0.4) is 0 Å². The SMILES string of the molecule is CC(C)(C)OC(=O)CSCc1sccc1C#CCN. The van der Waals surface area contributed by atoms with E-state index < -0.39 is 5.60 Å². The molecule has 0 radical (unpaired) electrons. The second kappa shape index (κ2) is 7.59. The van der Waals surface area contributed by atoms with Crippen molar-refractivity contribution in [3.05, 3.63) is 21.9 Å². The van der Waals surface area contributed by atoms with E-state index in [2.05, 4.69) is 11.8 Å². The number of ether oxygens (including phenoxy) is 1. The van der Waals surface area contributed by atoms with Crippen molar-refractivity contribution in [1.29, 1.82) is 0 Å². The summed E-state index contributed by atoms with van der Waals surface area (Å²) in [6, 6.07) is 1.98. The third-order valence-corrected chi connectivity index (χ3v) is 3.98. The van der Waals surface area contributed by atoms with Gasteiger partial charge in [-0.3, -0.25) is 4.79 Å². The van der Waals surface area contributed by atoms with Crippen molar-refractivity contribution in [2.75, 3.05) is 12.3 Å². The molecule has 0 amide bonds. The second-order valence-electron chi connectivity index (χ2n) is 4.84. The van der Waals surface area contributed by atoms with Crippen LogP contribution in [-0.2, 0) is 15.3 Å². The Morgan fingerprint density at radius 2 is 2.26 bits per heavy atom. The molecule has 1 heterocycles. The molecule has 0 saturated heterocycles. The maximum atomic E-state index is 11.6. The Labute approximate surface area is 122 Å². The second-order valence-corrected chi connectivity index (χ2v) is 6.83. The number of thioether (sulfide) groups is 1. The van der Waals surface area contributed by atoms with Gasteiger partial charge in [0.1, 0.15) is 5.60 Å². The van der Waals surface area contributed by atoms with Crippen LogP contribution in [0.4, 0.5) is 0 Å². The Kier molecular flexibility index (Phi) is 6.43.